The summed E-state index contributed by atoms with van der Waals surface area (Å²) in [6.07, 6.45) is 9.68. The summed E-state index contributed by atoms with van der Waals surface area (Å²) in [5, 5.41) is 3.01. The molecule has 0 radical (unpaired) electrons. The zero-order chi connectivity index (χ0) is 18.6. The third-order valence-corrected chi connectivity index (χ3v) is 6.30. The molecule has 2 aromatic rings. The number of rotatable bonds is 5. The normalized spacial score (nSPS) is 19.1. The highest BCUT2D eigenvalue weighted by molar-refractivity contribution is 7.14. The lowest BCUT2D eigenvalue weighted by atomic mass is 9.98. The van der Waals surface area contributed by atoms with E-state index in [2.05, 4.69) is 34.5 Å². The molecule has 2 heterocycles. The first-order chi connectivity index (χ1) is 13.2. The molecule has 0 spiro atoms. The molecule has 1 fully saturated rings. The van der Waals surface area contributed by atoms with Crippen molar-refractivity contribution in [3.8, 4) is 0 Å². The van der Waals surface area contributed by atoms with E-state index in [1.807, 2.05) is 30.3 Å². The first kappa shape index (κ1) is 17.9. The minimum atomic E-state index is -0.0533. The molecule has 2 aliphatic rings. The van der Waals surface area contributed by atoms with Crippen molar-refractivity contribution in [3.63, 3.8) is 0 Å². The van der Waals surface area contributed by atoms with Gasteiger partial charge in [-0.3, -0.25) is 4.79 Å². The van der Waals surface area contributed by atoms with Crippen LogP contribution in [0.1, 0.15) is 39.7 Å². The summed E-state index contributed by atoms with van der Waals surface area (Å²) < 4.78 is 5.32. The molecular formula is C22H24N2O2S. The summed E-state index contributed by atoms with van der Waals surface area (Å²) >= 11 is 1.55. The van der Waals surface area contributed by atoms with Crippen LogP contribution in [0, 0.1) is 0 Å². The van der Waals surface area contributed by atoms with Gasteiger partial charge in [0.2, 0.25) is 0 Å². The number of nitrogens with zero attached hydrogens (tertiary/aromatic N) is 1. The maximum absolute atomic E-state index is 12.6. The largest absolute Gasteiger partial charge is 0.497 e. The van der Waals surface area contributed by atoms with Gasteiger partial charge >= 0.3 is 0 Å². The lowest BCUT2D eigenvalue weighted by Crippen LogP contribution is -2.17. The third-order valence-electron chi connectivity index (χ3n) is 5.09. The van der Waals surface area contributed by atoms with Gasteiger partial charge in [-0.25, -0.2) is 0 Å². The van der Waals surface area contributed by atoms with Gasteiger partial charge in [-0.05, 0) is 67.8 Å². The Kier molecular flexibility index (Phi) is 5.30. The molecule has 1 atom stereocenters. The van der Waals surface area contributed by atoms with Crippen molar-refractivity contribution in [2.45, 2.75) is 25.2 Å². The molecule has 140 valence electrons. The second kappa shape index (κ2) is 8.01. The van der Waals surface area contributed by atoms with Gasteiger partial charge in [0, 0.05) is 35.3 Å². The Labute approximate surface area is 164 Å². The van der Waals surface area contributed by atoms with E-state index >= 15 is 0 Å². The fourth-order valence-electron chi connectivity index (χ4n) is 3.58. The molecule has 4 rings (SSSR count). The second-order valence-electron chi connectivity index (χ2n) is 6.91. The first-order valence-electron chi connectivity index (χ1n) is 9.41. The maximum Gasteiger partial charge on any atom is 0.265 e. The number of anilines is 2. The maximum atomic E-state index is 12.6. The zero-order valence-corrected chi connectivity index (χ0v) is 16.3. The smallest absolute Gasteiger partial charge is 0.265 e. The first-order valence-corrected chi connectivity index (χ1v) is 10.2. The molecule has 4 nitrogen and oxygen atoms in total. The minimum absolute atomic E-state index is 0.0533. The molecule has 1 aliphatic heterocycles. The summed E-state index contributed by atoms with van der Waals surface area (Å²) in [7, 11) is 1.68. The van der Waals surface area contributed by atoms with E-state index < -0.39 is 0 Å². The van der Waals surface area contributed by atoms with Crippen LogP contribution in [0.5, 0.6) is 0 Å². The number of hydrogen-bond donors (Lipinski definition) is 1. The van der Waals surface area contributed by atoms with Crippen LogP contribution in [0.4, 0.5) is 11.4 Å². The van der Waals surface area contributed by atoms with E-state index in [9.17, 15) is 4.79 Å². The van der Waals surface area contributed by atoms with Crippen LogP contribution >= 0.6 is 11.3 Å². The average molecular weight is 381 g/mol. The van der Waals surface area contributed by atoms with Gasteiger partial charge in [-0.15, -0.1) is 11.3 Å². The number of thiophene rings is 1. The van der Waals surface area contributed by atoms with Crippen molar-refractivity contribution in [2.75, 3.05) is 30.4 Å². The van der Waals surface area contributed by atoms with Gasteiger partial charge in [-0.2, -0.15) is 0 Å². The van der Waals surface area contributed by atoms with Crippen molar-refractivity contribution in [2.24, 2.45) is 0 Å². The number of amides is 1. The third kappa shape index (κ3) is 4.08. The predicted molar refractivity (Wildman–Crippen MR) is 112 cm³/mol. The van der Waals surface area contributed by atoms with Crippen LogP contribution in [0.15, 0.2) is 60.4 Å². The quantitative estimate of drug-likeness (QED) is 0.778. The second-order valence-corrected chi connectivity index (χ2v) is 8.03. The Hall–Kier alpha value is -2.53. The summed E-state index contributed by atoms with van der Waals surface area (Å²) in [4.78, 5) is 16.9. The van der Waals surface area contributed by atoms with E-state index in [0.717, 1.165) is 35.8 Å². The molecule has 1 saturated heterocycles. The van der Waals surface area contributed by atoms with Crippen LogP contribution < -0.4 is 10.2 Å². The topological polar surface area (TPSA) is 41.6 Å². The summed E-state index contributed by atoms with van der Waals surface area (Å²) in [5.41, 5.74) is 2.06. The standard InChI is InChI=1S/C22H24N2O2S/c1-26-19-6-4-5-16(15-19)20-11-12-21(27-20)22(25)23-17-7-9-18(10-8-17)24-13-2-3-14-24/h4,6-12,15-16H,2-3,5,13-14H2,1H3,(H,23,25). The molecular weight excluding hydrogens is 356 g/mol. The van der Waals surface area contributed by atoms with Crippen LogP contribution in [-0.4, -0.2) is 26.1 Å². The fraction of sp³-hybridized carbons (Fsp3) is 0.318. The molecule has 1 amide bonds. The summed E-state index contributed by atoms with van der Waals surface area (Å²) in [5.74, 6) is 1.10. The van der Waals surface area contributed by atoms with Gasteiger partial charge < -0.3 is 15.0 Å². The number of hydrogen-bond acceptors (Lipinski definition) is 4. The highest BCUT2D eigenvalue weighted by Gasteiger charge is 2.17. The van der Waals surface area contributed by atoms with Crippen LogP contribution in [0.2, 0.25) is 0 Å². The van der Waals surface area contributed by atoms with E-state index in [4.69, 9.17) is 4.74 Å². The van der Waals surface area contributed by atoms with Crippen molar-refractivity contribution in [1.82, 2.24) is 0 Å². The van der Waals surface area contributed by atoms with Gasteiger partial charge in [0.1, 0.15) is 5.76 Å². The lowest BCUT2D eigenvalue weighted by molar-refractivity contribution is 0.103. The Balaban J connectivity index is 1.41. The van der Waals surface area contributed by atoms with E-state index in [1.54, 1.807) is 18.4 Å². The number of methoxy groups -OCH3 is 1. The molecule has 0 bridgehead atoms. The van der Waals surface area contributed by atoms with Gasteiger partial charge in [0.25, 0.3) is 5.91 Å². The zero-order valence-electron chi connectivity index (χ0n) is 15.5. The van der Waals surface area contributed by atoms with Crippen molar-refractivity contribution in [1.29, 1.82) is 0 Å². The fourth-order valence-corrected chi connectivity index (χ4v) is 4.57. The lowest BCUT2D eigenvalue weighted by Gasteiger charge is -2.17. The highest BCUT2D eigenvalue weighted by atomic mass is 32.1. The van der Waals surface area contributed by atoms with Crippen LogP contribution in [0.3, 0.4) is 0 Å². The molecule has 1 aliphatic carbocycles. The Morgan fingerprint density at radius 2 is 1.93 bits per heavy atom. The van der Waals surface area contributed by atoms with Crippen LogP contribution in [0.25, 0.3) is 0 Å². The molecule has 27 heavy (non-hydrogen) atoms. The molecule has 1 unspecified atom stereocenters. The number of allylic oxidation sites excluding steroid dienone is 3. The van der Waals surface area contributed by atoms with Crippen molar-refractivity contribution >= 4 is 28.6 Å². The molecule has 0 saturated carbocycles. The van der Waals surface area contributed by atoms with E-state index in [1.165, 1.54) is 23.4 Å². The van der Waals surface area contributed by atoms with Crippen molar-refractivity contribution in [3.05, 3.63) is 70.1 Å². The molecule has 1 aromatic carbocycles. The summed E-state index contributed by atoms with van der Waals surface area (Å²) in [6.45, 7) is 2.25. The number of carbonyl (C=O) groups excluding carboxylic acids is 1. The molecule has 1 aromatic heterocycles. The Morgan fingerprint density at radius 3 is 2.67 bits per heavy atom. The monoisotopic (exact) mass is 380 g/mol. The molecule has 1 N–H and O–H groups in total. The van der Waals surface area contributed by atoms with Gasteiger partial charge in [0.15, 0.2) is 0 Å². The van der Waals surface area contributed by atoms with E-state index in [-0.39, 0.29) is 11.8 Å². The summed E-state index contributed by atoms with van der Waals surface area (Å²) in [6, 6.07) is 12.1. The van der Waals surface area contributed by atoms with Gasteiger partial charge in [-0.1, -0.05) is 6.08 Å². The highest BCUT2D eigenvalue weighted by Crippen LogP contribution is 2.33. The van der Waals surface area contributed by atoms with Crippen LogP contribution in [-0.2, 0) is 4.74 Å². The number of nitrogens with one attached hydrogen (secondary N) is 1. The Morgan fingerprint density at radius 1 is 1.15 bits per heavy atom. The number of carbonyl (C=O) groups is 1. The predicted octanol–water partition coefficient (Wildman–Crippen LogP) is 5.17. The van der Waals surface area contributed by atoms with E-state index in [0.29, 0.717) is 0 Å². The molecule has 5 heteroatoms. The van der Waals surface area contributed by atoms with Crippen molar-refractivity contribution < 1.29 is 9.53 Å². The SMILES string of the molecule is COC1=CC(c2ccc(C(=O)Nc3ccc(N4CCCC4)cc3)s2)CC=C1. The Bertz CT molecular complexity index is 861. The number of benzene rings is 1. The average Bonchev–Trinajstić information content (AvgIpc) is 3.41. The number of ether oxygens (including phenoxy) is 1. The minimum Gasteiger partial charge on any atom is -0.497 e. The van der Waals surface area contributed by atoms with Gasteiger partial charge in [0.05, 0.1) is 12.0 Å².